The molecular formula is C13H9BrN2S. The van der Waals surface area contributed by atoms with E-state index in [-0.39, 0.29) is 0 Å². The minimum atomic E-state index is 0.607. The molecule has 0 atom stereocenters. The van der Waals surface area contributed by atoms with Gasteiger partial charge in [0.25, 0.3) is 0 Å². The van der Waals surface area contributed by atoms with Crippen LogP contribution in [0.4, 0.5) is 5.13 Å². The fourth-order valence-electron chi connectivity index (χ4n) is 1.80. The Labute approximate surface area is 111 Å². The van der Waals surface area contributed by atoms with E-state index in [1.54, 1.807) is 0 Å². The smallest absolute Gasteiger partial charge is 0.180 e. The number of halogens is 1. The summed E-state index contributed by atoms with van der Waals surface area (Å²) in [5.41, 5.74) is 7.70. The molecule has 2 nitrogen and oxygen atoms in total. The van der Waals surface area contributed by atoms with E-state index in [1.807, 2.05) is 11.4 Å². The van der Waals surface area contributed by atoms with Gasteiger partial charge in [-0.15, -0.1) is 11.3 Å². The molecule has 4 heteroatoms. The van der Waals surface area contributed by atoms with Crippen molar-refractivity contribution in [3.63, 3.8) is 0 Å². The van der Waals surface area contributed by atoms with Crippen molar-refractivity contribution in [1.29, 1.82) is 0 Å². The van der Waals surface area contributed by atoms with Crippen LogP contribution in [0.2, 0.25) is 0 Å². The summed E-state index contributed by atoms with van der Waals surface area (Å²) in [6.45, 7) is 0. The third kappa shape index (κ3) is 2.06. The van der Waals surface area contributed by atoms with Gasteiger partial charge in [-0.1, -0.05) is 34.1 Å². The van der Waals surface area contributed by atoms with Gasteiger partial charge in [-0.05, 0) is 29.0 Å². The fraction of sp³-hybridized carbons (Fsp3) is 0. The van der Waals surface area contributed by atoms with Crippen LogP contribution in [0, 0.1) is 0 Å². The molecule has 1 heterocycles. The van der Waals surface area contributed by atoms with Crippen LogP contribution in [-0.4, -0.2) is 4.98 Å². The van der Waals surface area contributed by atoms with Gasteiger partial charge in [-0.25, -0.2) is 4.98 Å². The van der Waals surface area contributed by atoms with Crippen molar-refractivity contribution in [2.24, 2.45) is 0 Å². The quantitative estimate of drug-likeness (QED) is 0.727. The standard InChI is InChI=1S/C13H9BrN2S/c14-11-4-3-8-5-10(2-1-9(8)6-11)12-7-17-13(15)16-12/h1-7H,(H2,15,16). The van der Waals surface area contributed by atoms with E-state index < -0.39 is 0 Å². The van der Waals surface area contributed by atoms with Crippen molar-refractivity contribution in [1.82, 2.24) is 4.98 Å². The van der Waals surface area contributed by atoms with Gasteiger partial charge in [-0.3, -0.25) is 0 Å². The van der Waals surface area contributed by atoms with Crippen LogP contribution in [0.15, 0.2) is 46.3 Å². The van der Waals surface area contributed by atoms with Gasteiger partial charge in [0.05, 0.1) is 5.69 Å². The number of nitrogen functional groups attached to an aromatic ring is 1. The molecule has 0 amide bonds. The maximum Gasteiger partial charge on any atom is 0.180 e. The van der Waals surface area contributed by atoms with E-state index in [1.165, 1.54) is 22.1 Å². The second-order valence-corrected chi connectivity index (χ2v) is 5.58. The number of nitrogens with zero attached hydrogens (tertiary/aromatic N) is 1. The zero-order chi connectivity index (χ0) is 11.8. The average molecular weight is 305 g/mol. The van der Waals surface area contributed by atoms with E-state index >= 15 is 0 Å². The van der Waals surface area contributed by atoms with Crippen LogP contribution in [0.25, 0.3) is 22.0 Å². The molecule has 0 fully saturated rings. The molecule has 0 aliphatic heterocycles. The average Bonchev–Trinajstić information content (AvgIpc) is 2.75. The maximum absolute atomic E-state index is 5.65. The lowest BCUT2D eigenvalue weighted by molar-refractivity contribution is 1.42. The predicted molar refractivity (Wildman–Crippen MR) is 77.2 cm³/mol. The van der Waals surface area contributed by atoms with E-state index in [0.717, 1.165) is 15.7 Å². The summed E-state index contributed by atoms with van der Waals surface area (Å²) in [6.07, 6.45) is 0. The van der Waals surface area contributed by atoms with Crippen molar-refractivity contribution in [3.05, 3.63) is 46.3 Å². The van der Waals surface area contributed by atoms with Gasteiger partial charge in [-0.2, -0.15) is 0 Å². The number of hydrogen-bond acceptors (Lipinski definition) is 3. The lowest BCUT2D eigenvalue weighted by Gasteiger charge is -2.01. The minimum absolute atomic E-state index is 0.607. The van der Waals surface area contributed by atoms with Gasteiger partial charge in [0.15, 0.2) is 5.13 Å². The van der Waals surface area contributed by atoms with Crippen molar-refractivity contribution < 1.29 is 0 Å². The largest absolute Gasteiger partial charge is 0.375 e. The third-order valence-electron chi connectivity index (χ3n) is 2.62. The summed E-state index contributed by atoms with van der Waals surface area (Å²) in [6, 6.07) is 12.6. The molecule has 0 bridgehead atoms. The second-order valence-electron chi connectivity index (χ2n) is 3.78. The van der Waals surface area contributed by atoms with Crippen molar-refractivity contribution in [3.8, 4) is 11.3 Å². The van der Waals surface area contributed by atoms with Gasteiger partial charge in [0, 0.05) is 15.4 Å². The third-order valence-corrected chi connectivity index (χ3v) is 3.79. The highest BCUT2D eigenvalue weighted by Crippen LogP contribution is 2.27. The van der Waals surface area contributed by atoms with Crippen LogP contribution < -0.4 is 5.73 Å². The summed E-state index contributed by atoms with van der Waals surface area (Å²) in [7, 11) is 0. The molecular weight excluding hydrogens is 296 g/mol. The van der Waals surface area contributed by atoms with E-state index in [0.29, 0.717) is 5.13 Å². The number of hydrogen-bond donors (Lipinski definition) is 1. The molecule has 0 saturated heterocycles. The summed E-state index contributed by atoms with van der Waals surface area (Å²) >= 11 is 4.94. The lowest BCUT2D eigenvalue weighted by atomic mass is 10.1. The summed E-state index contributed by atoms with van der Waals surface area (Å²) in [5.74, 6) is 0. The Bertz CT molecular complexity index is 691. The Kier molecular flexibility index (Phi) is 2.61. The molecule has 2 N–H and O–H groups in total. The highest BCUT2D eigenvalue weighted by atomic mass is 79.9. The van der Waals surface area contributed by atoms with Crippen molar-refractivity contribution in [2.45, 2.75) is 0 Å². The number of benzene rings is 2. The first-order valence-electron chi connectivity index (χ1n) is 5.13. The molecule has 2 aromatic carbocycles. The predicted octanol–water partition coefficient (Wildman–Crippen LogP) is 4.31. The van der Waals surface area contributed by atoms with Gasteiger partial charge in [0.2, 0.25) is 0 Å². The van der Waals surface area contributed by atoms with Crippen molar-refractivity contribution >= 4 is 43.2 Å². The molecule has 0 aliphatic carbocycles. The van der Waals surface area contributed by atoms with E-state index in [2.05, 4.69) is 51.2 Å². The van der Waals surface area contributed by atoms with Crippen LogP contribution >= 0.6 is 27.3 Å². The number of thiazole rings is 1. The van der Waals surface area contributed by atoms with E-state index in [9.17, 15) is 0 Å². The Hall–Kier alpha value is -1.39. The topological polar surface area (TPSA) is 38.9 Å². The molecule has 0 aliphatic rings. The summed E-state index contributed by atoms with van der Waals surface area (Å²) in [4.78, 5) is 4.29. The number of aromatic nitrogens is 1. The van der Waals surface area contributed by atoms with Crippen LogP contribution in [0.1, 0.15) is 0 Å². The Morgan fingerprint density at radius 1 is 1.06 bits per heavy atom. The fourth-order valence-corrected chi connectivity index (χ4v) is 2.75. The monoisotopic (exact) mass is 304 g/mol. The van der Waals surface area contributed by atoms with Crippen molar-refractivity contribution in [2.75, 3.05) is 5.73 Å². The number of rotatable bonds is 1. The molecule has 3 aromatic rings. The first-order chi connectivity index (χ1) is 8.22. The molecule has 0 saturated carbocycles. The maximum atomic E-state index is 5.65. The molecule has 0 unspecified atom stereocenters. The molecule has 3 rings (SSSR count). The minimum Gasteiger partial charge on any atom is -0.375 e. The molecule has 84 valence electrons. The summed E-state index contributed by atoms with van der Waals surface area (Å²) in [5, 5.41) is 5.01. The number of anilines is 1. The molecule has 1 aromatic heterocycles. The second kappa shape index (κ2) is 4.13. The van der Waals surface area contributed by atoms with Gasteiger partial charge >= 0.3 is 0 Å². The number of nitrogens with two attached hydrogens (primary N) is 1. The van der Waals surface area contributed by atoms with Gasteiger partial charge < -0.3 is 5.73 Å². The highest BCUT2D eigenvalue weighted by Gasteiger charge is 2.03. The molecule has 0 radical (unpaired) electrons. The summed E-state index contributed by atoms with van der Waals surface area (Å²) < 4.78 is 1.09. The number of fused-ring (bicyclic) bond motifs is 1. The van der Waals surface area contributed by atoms with Gasteiger partial charge in [0.1, 0.15) is 0 Å². The first-order valence-corrected chi connectivity index (χ1v) is 6.80. The highest BCUT2D eigenvalue weighted by molar-refractivity contribution is 9.10. The Morgan fingerprint density at radius 2 is 1.82 bits per heavy atom. The van der Waals surface area contributed by atoms with Crippen LogP contribution in [-0.2, 0) is 0 Å². The first kappa shape index (κ1) is 10.7. The molecule has 0 spiro atoms. The SMILES string of the molecule is Nc1nc(-c2ccc3cc(Br)ccc3c2)cs1. The lowest BCUT2D eigenvalue weighted by Crippen LogP contribution is -1.83. The van der Waals surface area contributed by atoms with Crippen LogP contribution in [0.5, 0.6) is 0 Å². The van der Waals surface area contributed by atoms with Crippen LogP contribution in [0.3, 0.4) is 0 Å². The normalized spacial score (nSPS) is 10.9. The van der Waals surface area contributed by atoms with E-state index in [4.69, 9.17) is 5.73 Å². The zero-order valence-electron chi connectivity index (χ0n) is 8.85. The Morgan fingerprint density at radius 3 is 2.59 bits per heavy atom. The zero-order valence-corrected chi connectivity index (χ0v) is 11.3. The Balaban J connectivity index is 2.16. The molecule has 17 heavy (non-hydrogen) atoms.